The number of rotatable bonds is 4. The Kier molecular flexibility index (Phi) is 5.14. The Morgan fingerprint density at radius 2 is 1.80 bits per heavy atom. The molecule has 0 saturated carbocycles. The molecule has 3 aromatic rings. The van der Waals surface area contributed by atoms with Gasteiger partial charge in [-0.05, 0) is 23.8 Å². The van der Waals surface area contributed by atoms with Crippen molar-refractivity contribution in [2.24, 2.45) is 0 Å². The van der Waals surface area contributed by atoms with Crippen LogP contribution in [0.1, 0.15) is 15.2 Å². The maximum absolute atomic E-state index is 12.6. The van der Waals surface area contributed by atoms with E-state index in [-0.39, 0.29) is 5.91 Å². The maximum atomic E-state index is 12.6. The van der Waals surface area contributed by atoms with Gasteiger partial charge >= 0.3 is 0 Å². The number of para-hydroxylation sites is 1. The van der Waals surface area contributed by atoms with E-state index in [1.807, 2.05) is 24.3 Å². The van der Waals surface area contributed by atoms with Gasteiger partial charge in [0.1, 0.15) is 4.88 Å². The molecule has 0 aliphatic rings. The molecule has 0 atom stereocenters. The molecular formula is C18H13ClN2O3S. The monoisotopic (exact) mass is 372 g/mol. The average Bonchev–Trinajstić information content (AvgIpc) is 2.98. The quantitative estimate of drug-likeness (QED) is 0.362. The van der Waals surface area contributed by atoms with Crippen molar-refractivity contribution in [1.29, 1.82) is 0 Å². The minimum atomic E-state index is -0.659. The second-order valence-corrected chi connectivity index (χ2v) is 6.52. The molecule has 2 amide bonds. The van der Waals surface area contributed by atoms with Gasteiger partial charge in [0, 0.05) is 21.8 Å². The van der Waals surface area contributed by atoms with Crippen LogP contribution in [0.3, 0.4) is 0 Å². The summed E-state index contributed by atoms with van der Waals surface area (Å²) in [5.74, 6) is -0.979. The Morgan fingerprint density at radius 1 is 1.08 bits per heavy atom. The molecule has 126 valence electrons. The van der Waals surface area contributed by atoms with Crippen LogP contribution < -0.4 is 10.8 Å². The molecule has 0 saturated heterocycles. The largest absolute Gasteiger partial charge is 0.321 e. The highest BCUT2D eigenvalue weighted by molar-refractivity contribution is 7.21. The second kappa shape index (κ2) is 7.48. The molecule has 0 spiro atoms. The molecule has 0 fully saturated rings. The lowest BCUT2D eigenvalue weighted by Crippen LogP contribution is -2.15. The van der Waals surface area contributed by atoms with Crippen LogP contribution in [-0.2, 0) is 4.79 Å². The number of amides is 2. The summed E-state index contributed by atoms with van der Waals surface area (Å²) in [6.45, 7) is 0. The third kappa shape index (κ3) is 3.71. The van der Waals surface area contributed by atoms with Crippen molar-refractivity contribution < 1.29 is 14.8 Å². The molecule has 0 aliphatic carbocycles. The summed E-state index contributed by atoms with van der Waals surface area (Å²) in [6, 6.07) is 14.5. The summed E-state index contributed by atoms with van der Waals surface area (Å²) in [5, 5.41) is 12.6. The van der Waals surface area contributed by atoms with Crippen molar-refractivity contribution in [3.8, 4) is 0 Å². The molecule has 1 heterocycles. The fourth-order valence-corrected chi connectivity index (χ4v) is 3.71. The Bertz CT molecular complexity index is 981. The summed E-state index contributed by atoms with van der Waals surface area (Å²) in [4.78, 5) is 24.2. The smallest absolute Gasteiger partial charge is 0.267 e. The predicted octanol–water partition coefficient (Wildman–Crippen LogP) is 4.33. The first kappa shape index (κ1) is 17.2. The van der Waals surface area contributed by atoms with Crippen LogP contribution in [0.5, 0.6) is 0 Å². The topological polar surface area (TPSA) is 78.4 Å². The first-order valence-electron chi connectivity index (χ1n) is 7.29. The van der Waals surface area contributed by atoms with Gasteiger partial charge < -0.3 is 5.32 Å². The molecule has 3 N–H and O–H groups in total. The van der Waals surface area contributed by atoms with Gasteiger partial charge in [0.2, 0.25) is 0 Å². The molecule has 25 heavy (non-hydrogen) atoms. The Hall–Kier alpha value is -2.67. The van der Waals surface area contributed by atoms with Crippen molar-refractivity contribution in [2.75, 3.05) is 5.32 Å². The van der Waals surface area contributed by atoms with E-state index in [0.717, 1.165) is 16.2 Å². The van der Waals surface area contributed by atoms with Gasteiger partial charge in [-0.1, -0.05) is 48.0 Å². The van der Waals surface area contributed by atoms with E-state index < -0.39 is 5.91 Å². The lowest BCUT2D eigenvalue weighted by Gasteiger charge is -2.07. The Morgan fingerprint density at radius 3 is 2.56 bits per heavy atom. The number of hydroxylamine groups is 1. The summed E-state index contributed by atoms with van der Waals surface area (Å²) in [5.41, 5.74) is 2.67. The molecule has 0 radical (unpaired) electrons. The molecule has 7 heteroatoms. The van der Waals surface area contributed by atoms with Gasteiger partial charge in [-0.2, -0.15) is 0 Å². The normalized spacial score (nSPS) is 11.0. The highest BCUT2D eigenvalue weighted by Gasteiger charge is 2.17. The zero-order valence-corrected chi connectivity index (χ0v) is 14.4. The highest BCUT2D eigenvalue weighted by Crippen LogP contribution is 2.35. The predicted molar refractivity (Wildman–Crippen MR) is 100 cm³/mol. The van der Waals surface area contributed by atoms with Crippen LogP contribution in [0.25, 0.3) is 16.2 Å². The van der Waals surface area contributed by atoms with Gasteiger partial charge in [-0.15, -0.1) is 11.3 Å². The van der Waals surface area contributed by atoms with E-state index in [4.69, 9.17) is 16.8 Å². The summed E-state index contributed by atoms with van der Waals surface area (Å²) in [7, 11) is 0. The first-order valence-corrected chi connectivity index (χ1v) is 8.49. The van der Waals surface area contributed by atoms with Crippen LogP contribution >= 0.6 is 22.9 Å². The standard InChI is InChI=1S/C18H13ClN2O3S/c19-16-12-6-2-4-8-14(12)25-17(16)18(23)20-13-7-3-1-5-11(13)9-10-15(22)21-24/h1-10,24H,(H,20,23)(H,21,22). The van der Waals surface area contributed by atoms with Gasteiger partial charge in [0.25, 0.3) is 11.8 Å². The molecule has 2 aromatic carbocycles. The number of nitrogens with one attached hydrogen (secondary N) is 2. The summed E-state index contributed by atoms with van der Waals surface area (Å²) in [6.07, 6.45) is 2.66. The van der Waals surface area contributed by atoms with Crippen LogP contribution in [0.15, 0.2) is 54.6 Å². The lowest BCUT2D eigenvalue weighted by molar-refractivity contribution is -0.124. The van der Waals surface area contributed by atoms with Gasteiger partial charge in [-0.25, -0.2) is 5.48 Å². The number of benzene rings is 2. The highest BCUT2D eigenvalue weighted by atomic mass is 35.5. The average molecular weight is 373 g/mol. The number of anilines is 1. The third-order valence-corrected chi connectivity index (χ3v) is 5.15. The van der Waals surface area contributed by atoms with Crippen molar-refractivity contribution in [1.82, 2.24) is 5.48 Å². The lowest BCUT2D eigenvalue weighted by atomic mass is 10.1. The second-order valence-electron chi connectivity index (χ2n) is 5.09. The fraction of sp³-hybridized carbons (Fsp3) is 0. The van der Waals surface area contributed by atoms with Gasteiger partial charge in [-0.3, -0.25) is 14.8 Å². The fourth-order valence-electron chi connectivity index (χ4n) is 2.30. The van der Waals surface area contributed by atoms with Crippen molar-refractivity contribution >= 4 is 56.6 Å². The number of halogens is 1. The van der Waals surface area contributed by atoms with Gasteiger partial charge in [0.15, 0.2) is 0 Å². The van der Waals surface area contributed by atoms with E-state index in [2.05, 4.69) is 5.32 Å². The number of hydrogen-bond acceptors (Lipinski definition) is 4. The number of hydrogen-bond donors (Lipinski definition) is 3. The molecular weight excluding hydrogens is 360 g/mol. The van der Waals surface area contributed by atoms with Crippen LogP contribution in [0, 0.1) is 0 Å². The van der Waals surface area contributed by atoms with E-state index >= 15 is 0 Å². The Balaban J connectivity index is 1.89. The minimum Gasteiger partial charge on any atom is -0.321 e. The van der Waals surface area contributed by atoms with Crippen molar-refractivity contribution in [3.05, 3.63) is 70.1 Å². The third-order valence-electron chi connectivity index (χ3n) is 3.47. The van der Waals surface area contributed by atoms with E-state index in [1.165, 1.54) is 22.9 Å². The minimum absolute atomic E-state index is 0.321. The number of thiophene rings is 1. The molecule has 5 nitrogen and oxygen atoms in total. The van der Waals surface area contributed by atoms with Crippen LogP contribution in [0.2, 0.25) is 5.02 Å². The van der Waals surface area contributed by atoms with Crippen molar-refractivity contribution in [3.63, 3.8) is 0 Å². The van der Waals surface area contributed by atoms with E-state index in [1.54, 1.807) is 24.3 Å². The summed E-state index contributed by atoms with van der Waals surface area (Å²) >= 11 is 7.65. The maximum Gasteiger partial charge on any atom is 0.267 e. The molecule has 3 rings (SSSR count). The SMILES string of the molecule is O=C(C=Cc1ccccc1NC(=O)c1sc2ccccc2c1Cl)NO. The molecule has 0 bridgehead atoms. The molecule has 0 unspecified atom stereocenters. The first-order chi connectivity index (χ1) is 12.1. The number of carbonyl (C=O) groups is 2. The number of fused-ring (bicyclic) bond motifs is 1. The van der Waals surface area contributed by atoms with E-state index in [0.29, 0.717) is 21.2 Å². The van der Waals surface area contributed by atoms with E-state index in [9.17, 15) is 9.59 Å². The number of carbonyl (C=O) groups excluding carboxylic acids is 2. The molecule has 1 aromatic heterocycles. The molecule has 0 aliphatic heterocycles. The Labute approximate surface area is 152 Å². The summed E-state index contributed by atoms with van der Waals surface area (Å²) < 4.78 is 0.936. The van der Waals surface area contributed by atoms with Crippen LogP contribution in [-0.4, -0.2) is 17.0 Å². The van der Waals surface area contributed by atoms with Crippen molar-refractivity contribution in [2.45, 2.75) is 0 Å². The zero-order valence-electron chi connectivity index (χ0n) is 12.8. The zero-order chi connectivity index (χ0) is 17.8. The van der Waals surface area contributed by atoms with Crippen LogP contribution in [0.4, 0.5) is 5.69 Å². The van der Waals surface area contributed by atoms with Gasteiger partial charge in [0.05, 0.1) is 5.02 Å².